The van der Waals surface area contributed by atoms with Crippen molar-refractivity contribution in [3.63, 3.8) is 0 Å². The maximum atomic E-state index is 13.1. The first-order valence-electron chi connectivity index (χ1n) is 9.21. The van der Waals surface area contributed by atoms with Crippen LogP contribution >= 0.6 is 11.6 Å². The lowest BCUT2D eigenvalue weighted by Gasteiger charge is -2.39. The van der Waals surface area contributed by atoms with E-state index in [2.05, 4.69) is 4.90 Å². The lowest BCUT2D eigenvalue weighted by molar-refractivity contribution is -0.132. The Balaban J connectivity index is 1.72. The standard InChI is InChI=1S/C20H23ClFN3O3S/c1-15(25(29(2,27)28)19-5-3-4-16(21)14-19)20(26)24-12-10-23(11-13-24)18-8-6-17(22)7-9-18/h3-9,14-15H,10-13H2,1-2H3/t15-/m1/s1. The van der Waals surface area contributed by atoms with Crippen molar-refractivity contribution >= 4 is 38.9 Å². The number of carbonyl (C=O) groups is 1. The first-order valence-corrected chi connectivity index (χ1v) is 11.4. The zero-order valence-electron chi connectivity index (χ0n) is 16.3. The van der Waals surface area contributed by atoms with E-state index in [0.717, 1.165) is 16.2 Å². The maximum absolute atomic E-state index is 13.1. The molecule has 0 radical (unpaired) electrons. The highest BCUT2D eigenvalue weighted by Gasteiger charge is 2.33. The van der Waals surface area contributed by atoms with Crippen molar-refractivity contribution < 1.29 is 17.6 Å². The highest BCUT2D eigenvalue weighted by Crippen LogP contribution is 2.25. The number of carbonyl (C=O) groups excluding carboxylic acids is 1. The van der Waals surface area contributed by atoms with Gasteiger partial charge in [0.25, 0.3) is 0 Å². The molecule has 0 N–H and O–H groups in total. The second-order valence-corrected chi connectivity index (χ2v) is 9.30. The largest absolute Gasteiger partial charge is 0.368 e. The van der Waals surface area contributed by atoms with Crippen LogP contribution in [0, 0.1) is 5.82 Å². The third-order valence-electron chi connectivity index (χ3n) is 4.91. The lowest BCUT2D eigenvalue weighted by Crippen LogP contribution is -2.55. The number of rotatable bonds is 5. The fourth-order valence-electron chi connectivity index (χ4n) is 3.52. The number of piperazine rings is 1. The maximum Gasteiger partial charge on any atom is 0.246 e. The van der Waals surface area contributed by atoms with Crippen molar-refractivity contribution in [2.45, 2.75) is 13.0 Å². The van der Waals surface area contributed by atoms with Crippen LogP contribution in [0.5, 0.6) is 0 Å². The molecule has 2 aromatic carbocycles. The van der Waals surface area contributed by atoms with Gasteiger partial charge >= 0.3 is 0 Å². The van der Waals surface area contributed by atoms with E-state index >= 15 is 0 Å². The number of anilines is 2. The number of amides is 1. The summed E-state index contributed by atoms with van der Waals surface area (Å²) in [6.45, 7) is 3.65. The number of nitrogens with zero attached hydrogens (tertiary/aromatic N) is 3. The molecule has 1 aliphatic rings. The summed E-state index contributed by atoms with van der Waals surface area (Å²) in [6, 6.07) is 11.8. The molecule has 1 amide bonds. The van der Waals surface area contributed by atoms with Crippen molar-refractivity contribution in [1.29, 1.82) is 0 Å². The first kappa shape index (κ1) is 21.4. The second kappa shape index (κ2) is 8.59. The molecular formula is C20H23ClFN3O3S. The number of sulfonamides is 1. The van der Waals surface area contributed by atoms with Crippen molar-refractivity contribution in [1.82, 2.24) is 4.90 Å². The smallest absolute Gasteiger partial charge is 0.246 e. The van der Waals surface area contributed by atoms with Gasteiger partial charge in [0.05, 0.1) is 11.9 Å². The van der Waals surface area contributed by atoms with E-state index in [0.29, 0.717) is 36.9 Å². The molecule has 1 heterocycles. The number of hydrogen-bond acceptors (Lipinski definition) is 4. The van der Waals surface area contributed by atoms with Crippen LogP contribution in [0.15, 0.2) is 48.5 Å². The Morgan fingerprint density at radius 2 is 1.72 bits per heavy atom. The number of halogens is 2. The molecule has 2 aromatic rings. The van der Waals surface area contributed by atoms with Crippen LogP contribution < -0.4 is 9.21 Å². The lowest BCUT2D eigenvalue weighted by atomic mass is 10.2. The normalized spacial score (nSPS) is 15.9. The van der Waals surface area contributed by atoms with Gasteiger partial charge in [-0.3, -0.25) is 9.10 Å². The van der Waals surface area contributed by atoms with E-state index in [-0.39, 0.29) is 11.7 Å². The molecule has 1 saturated heterocycles. The van der Waals surface area contributed by atoms with Crippen LogP contribution in [-0.2, 0) is 14.8 Å². The van der Waals surface area contributed by atoms with Crippen LogP contribution in [0.4, 0.5) is 15.8 Å². The van der Waals surface area contributed by atoms with E-state index in [1.54, 1.807) is 42.2 Å². The molecule has 0 aliphatic carbocycles. The Morgan fingerprint density at radius 3 is 2.28 bits per heavy atom. The molecule has 6 nitrogen and oxygen atoms in total. The minimum absolute atomic E-state index is 0.269. The van der Waals surface area contributed by atoms with Crippen molar-refractivity contribution in [2.24, 2.45) is 0 Å². The molecule has 156 valence electrons. The van der Waals surface area contributed by atoms with Gasteiger partial charge in [0.15, 0.2) is 0 Å². The molecular weight excluding hydrogens is 417 g/mol. The van der Waals surface area contributed by atoms with Gasteiger partial charge < -0.3 is 9.80 Å². The highest BCUT2D eigenvalue weighted by atomic mass is 35.5. The predicted octanol–water partition coefficient (Wildman–Crippen LogP) is 2.98. The van der Waals surface area contributed by atoms with Crippen molar-refractivity contribution in [3.8, 4) is 0 Å². The molecule has 0 unspecified atom stereocenters. The van der Waals surface area contributed by atoms with Crippen LogP contribution in [0.2, 0.25) is 5.02 Å². The molecule has 1 fully saturated rings. The van der Waals surface area contributed by atoms with Gasteiger partial charge in [-0.2, -0.15) is 0 Å². The SMILES string of the molecule is C[C@H](C(=O)N1CCN(c2ccc(F)cc2)CC1)N(c1cccc(Cl)c1)S(C)(=O)=O. The highest BCUT2D eigenvalue weighted by molar-refractivity contribution is 7.92. The number of hydrogen-bond donors (Lipinski definition) is 0. The summed E-state index contributed by atoms with van der Waals surface area (Å²) in [4.78, 5) is 16.8. The molecule has 0 aromatic heterocycles. The van der Waals surface area contributed by atoms with Gasteiger partial charge in [0, 0.05) is 36.9 Å². The summed E-state index contributed by atoms with van der Waals surface area (Å²) in [5.41, 5.74) is 1.24. The Labute approximate surface area is 175 Å². The van der Waals surface area contributed by atoms with Crippen LogP contribution in [0.25, 0.3) is 0 Å². The van der Waals surface area contributed by atoms with Gasteiger partial charge in [-0.25, -0.2) is 12.8 Å². The Hall–Kier alpha value is -2.32. The molecule has 1 aliphatic heterocycles. The van der Waals surface area contributed by atoms with Gasteiger partial charge in [-0.05, 0) is 49.4 Å². The van der Waals surface area contributed by atoms with Crippen LogP contribution in [0.1, 0.15) is 6.92 Å². The van der Waals surface area contributed by atoms with E-state index < -0.39 is 16.1 Å². The van der Waals surface area contributed by atoms with Gasteiger partial charge in [-0.1, -0.05) is 17.7 Å². The summed E-state index contributed by atoms with van der Waals surface area (Å²) in [7, 11) is -3.69. The fraction of sp³-hybridized carbons (Fsp3) is 0.350. The van der Waals surface area contributed by atoms with E-state index in [4.69, 9.17) is 11.6 Å². The topological polar surface area (TPSA) is 60.9 Å². The minimum Gasteiger partial charge on any atom is -0.368 e. The molecule has 3 rings (SSSR count). The molecule has 29 heavy (non-hydrogen) atoms. The summed E-state index contributed by atoms with van der Waals surface area (Å²) in [5.74, 6) is -0.563. The van der Waals surface area contributed by atoms with Gasteiger partial charge in [0.2, 0.25) is 15.9 Å². The summed E-state index contributed by atoms with van der Waals surface area (Å²) in [6.07, 6.45) is 1.07. The third kappa shape index (κ3) is 5.00. The number of benzene rings is 2. The van der Waals surface area contributed by atoms with Gasteiger partial charge in [0.1, 0.15) is 11.9 Å². The predicted molar refractivity (Wildman–Crippen MR) is 113 cm³/mol. The Morgan fingerprint density at radius 1 is 1.10 bits per heavy atom. The minimum atomic E-state index is -3.69. The zero-order valence-corrected chi connectivity index (χ0v) is 17.8. The Bertz CT molecular complexity index is 977. The quantitative estimate of drug-likeness (QED) is 0.718. The summed E-state index contributed by atoms with van der Waals surface area (Å²) >= 11 is 6.01. The zero-order chi connectivity index (χ0) is 21.2. The van der Waals surface area contributed by atoms with Crippen LogP contribution in [0.3, 0.4) is 0 Å². The summed E-state index contributed by atoms with van der Waals surface area (Å²) in [5, 5.41) is 0.392. The second-order valence-electron chi connectivity index (χ2n) is 7.00. The van der Waals surface area contributed by atoms with E-state index in [9.17, 15) is 17.6 Å². The Kier molecular flexibility index (Phi) is 6.33. The molecule has 0 bridgehead atoms. The van der Waals surface area contributed by atoms with Crippen LogP contribution in [-0.4, -0.2) is 57.7 Å². The third-order valence-corrected chi connectivity index (χ3v) is 6.39. The monoisotopic (exact) mass is 439 g/mol. The fourth-order valence-corrected chi connectivity index (χ4v) is 4.86. The van der Waals surface area contributed by atoms with E-state index in [1.807, 2.05) is 0 Å². The van der Waals surface area contributed by atoms with Gasteiger partial charge in [-0.15, -0.1) is 0 Å². The molecule has 0 spiro atoms. The summed E-state index contributed by atoms with van der Waals surface area (Å²) < 4.78 is 39.0. The molecule has 0 saturated carbocycles. The average Bonchev–Trinajstić information content (AvgIpc) is 2.67. The average molecular weight is 440 g/mol. The van der Waals surface area contributed by atoms with Crippen molar-refractivity contribution in [3.05, 3.63) is 59.4 Å². The first-order chi connectivity index (χ1) is 13.7. The van der Waals surface area contributed by atoms with Crippen molar-refractivity contribution in [2.75, 3.05) is 41.6 Å². The molecule has 1 atom stereocenters. The van der Waals surface area contributed by atoms with E-state index in [1.165, 1.54) is 18.2 Å². The molecule has 9 heteroatoms.